The van der Waals surface area contributed by atoms with Gasteiger partial charge in [-0.1, -0.05) is 49.2 Å². The van der Waals surface area contributed by atoms with Crippen LogP contribution >= 0.6 is 0 Å². The van der Waals surface area contributed by atoms with E-state index < -0.39 is 33.9 Å². The van der Waals surface area contributed by atoms with E-state index in [0.29, 0.717) is 37.2 Å². The molecule has 1 heterocycles. The van der Waals surface area contributed by atoms with Crippen molar-refractivity contribution < 1.29 is 22.7 Å². The maximum absolute atomic E-state index is 13.2. The van der Waals surface area contributed by atoms with Gasteiger partial charge < -0.3 is 10.1 Å². The molecule has 2 aliphatic rings. The topological polar surface area (TPSA) is 92.8 Å². The predicted molar refractivity (Wildman–Crippen MR) is 125 cm³/mol. The fourth-order valence-corrected chi connectivity index (χ4v) is 6.10. The smallest absolute Gasteiger partial charge is 0.317 e. The van der Waals surface area contributed by atoms with Crippen LogP contribution in [0.2, 0.25) is 0 Å². The van der Waals surface area contributed by atoms with Gasteiger partial charge in [-0.05, 0) is 55.9 Å². The third-order valence-electron chi connectivity index (χ3n) is 6.46. The lowest BCUT2D eigenvalue weighted by molar-refractivity contribution is -0.150. The van der Waals surface area contributed by atoms with E-state index in [9.17, 15) is 18.0 Å². The monoisotopic (exact) mass is 470 g/mol. The van der Waals surface area contributed by atoms with Crippen LogP contribution < -0.4 is 5.32 Å². The molecule has 176 valence electrons. The van der Waals surface area contributed by atoms with E-state index in [1.165, 1.54) is 10.4 Å². The standard InChI is InChI=1S/C25H30N2O5S/c1-19-11-12-21(17-22(19)33(30,31)27-15-7-2-3-8-16-27)26-23(28)18-32-24(29)25(13-14-25)20-9-5-4-6-10-20/h4-6,9-12,17H,2-3,7-8,13-16,18H2,1H3,(H,26,28). The summed E-state index contributed by atoms with van der Waals surface area (Å²) in [5, 5.41) is 2.66. The molecule has 1 saturated heterocycles. The predicted octanol–water partition coefficient (Wildman–Crippen LogP) is 3.77. The molecule has 1 amide bonds. The van der Waals surface area contributed by atoms with Crippen molar-refractivity contribution >= 4 is 27.6 Å². The minimum absolute atomic E-state index is 0.195. The first kappa shape index (κ1) is 23.4. The number of anilines is 1. The van der Waals surface area contributed by atoms with Crippen molar-refractivity contribution in [2.45, 2.75) is 55.8 Å². The minimum Gasteiger partial charge on any atom is -0.455 e. The summed E-state index contributed by atoms with van der Waals surface area (Å²) < 4.78 is 33.3. The Morgan fingerprint density at radius 1 is 1.00 bits per heavy atom. The van der Waals surface area contributed by atoms with Crippen LogP contribution in [0.3, 0.4) is 0 Å². The van der Waals surface area contributed by atoms with Gasteiger partial charge in [0, 0.05) is 18.8 Å². The molecule has 7 nitrogen and oxygen atoms in total. The van der Waals surface area contributed by atoms with Crippen LogP contribution in [0.5, 0.6) is 0 Å². The van der Waals surface area contributed by atoms with Gasteiger partial charge in [-0.3, -0.25) is 9.59 Å². The maximum Gasteiger partial charge on any atom is 0.317 e. The summed E-state index contributed by atoms with van der Waals surface area (Å²) in [7, 11) is -3.65. The number of hydrogen-bond donors (Lipinski definition) is 1. The third-order valence-corrected chi connectivity index (χ3v) is 8.50. The zero-order chi connectivity index (χ0) is 23.5. The lowest BCUT2D eigenvalue weighted by Crippen LogP contribution is -2.32. The second-order valence-electron chi connectivity index (χ2n) is 8.87. The summed E-state index contributed by atoms with van der Waals surface area (Å²) in [6.07, 6.45) is 5.17. The van der Waals surface area contributed by atoms with Crippen molar-refractivity contribution in [1.29, 1.82) is 0 Å². The first-order valence-corrected chi connectivity index (χ1v) is 12.9. The highest BCUT2D eigenvalue weighted by molar-refractivity contribution is 7.89. The number of hydrogen-bond acceptors (Lipinski definition) is 5. The molecule has 1 aliphatic carbocycles. The zero-order valence-electron chi connectivity index (χ0n) is 18.9. The summed E-state index contributed by atoms with van der Waals surface area (Å²) in [6.45, 7) is 2.35. The fraction of sp³-hybridized carbons (Fsp3) is 0.440. The van der Waals surface area contributed by atoms with E-state index in [4.69, 9.17) is 4.74 Å². The largest absolute Gasteiger partial charge is 0.455 e. The second kappa shape index (κ2) is 9.65. The molecule has 1 saturated carbocycles. The highest BCUT2D eigenvalue weighted by Crippen LogP contribution is 2.49. The summed E-state index contributed by atoms with van der Waals surface area (Å²) in [5.74, 6) is -0.911. The quantitative estimate of drug-likeness (QED) is 0.622. The summed E-state index contributed by atoms with van der Waals surface area (Å²) in [5.41, 5.74) is 1.23. The molecule has 0 unspecified atom stereocenters. The van der Waals surface area contributed by atoms with Gasteiger partial charge >= 0.3 is 5.97 Å². The molecule has 2 aromatic rings. The number of benzene rings is 2. The lowest BCUT2D eigenvalue weighted by atomic mass is 9.96. The number of rotatable bonds is 7. The Balaban J connectivity index is 1.40. The Kier molecular flexibility index (Phi) is 6.86. The molecule has 0 atom stereocenters. The summed E-state index contributed by atoms with van der Waals surface area (Å²) >= 11 is 0. The third kappa shape index (κ3) is 5.12. The van der Waals surface area contributed by atoms with Gasteiger partial charge in [0.25, 0.3) is 5.91 Å². The molecule has 0 bridgehead atoms. The molecule has 4 rings (SSSR count). The number of aryl methyl sites for hydroxylation is 1. The SMILES string of the molecule is Cc1ccc(NC(=O)COC(=O)C2(c3ccccc3)CC2)cc1S(=O)(=O)N1CCCCCC1. The van der Waals surface area contributed by atoms with Crippen LogP contribution in [0, 0.1) is 6.92 Å². The average molecular weight is 471 g/mol. The molecule has 33 heavy (non-hydrogen) atoms. The van der Waals surface area contributed by atoms with Gasteiger partial charge in [0.1, 0.15) is 0 Å². The fourth-order valence-electron chi connectivity index (χ4n) is 4.34. The van der Waals surface area contributed by atoms with Crippen LogP contribution in [0.25, 0.3) is 0 Å². The molecular formula is C25H30N2O5S. The van der Waals surface area contributed by atoms with Crippen molar-refractivity contribution in [3.8, 4) is 0 Å². The van der Waals surface area contributed by atoms with Gasteiger partial charge in [-0.25, -0.2) is 8.42 Å². The van der Waals surface area contributed by atoms with E-state index in [1.807, 2.05) is 30.3 Å². The van der Waals surface area contributed by atoms with E-state index in [-0.39, 0.29) is 4.90 Å². The molecule has 1 aliphatic heterocycles. The summed E-state index contributed by atoms with van der Waals surface area (Å²) in [4.78, 5) is 25.3. The van der Waals surface area contributed by atoms with Crippen molar-refractivity contribution in [1.82, 2.24) is 4.31 Å². The van der Waals surface area contributed by atoms with Gasteiger partial charge in [-0.2, -0.15) is 4.31 Å². The number of ether oxygens (including phenoxy) is 1. The van der Waals surface area contributed by atoms with E-state index >= 15 is 0 Å². The van der Waals surface area contributed by atoms with Gasteiger partial charge in [0.05, 0.1) is 10.3 Å². The van der Waals surface area contributed by atoms with E-state index in [0.717, 1.165) is 31.2 Å². The molecule has 0 spiro atoms. The highest BCUT2D eigenvalue weighted by Gasteiger charge is 2.52. The first-order chi connectivity index (χ1) is 15.8. The molecule has 8 heteroatoms. The molecule has 0 radical (unpaired) electrons. The molecule has 1 N–H and O–H groups in total. The number of nitrogens with one attached hydrogen (secondary N) is 1. The Morgan fingerprint density at radius 3 is 2.30 bits per heavy atom. The molecular weight excluding hydrogens is 440 g/mol. The van der Waals surface area contributed by atoms with Crippen molar-refractivity contribution in [2.75, 3.05) is 25.0 Å². The number of carbonyl (C=O) groups excluding carboxylic acids is 2. The Bertz CT molecular complexity index is 1120. The minimum atomic E-state index is -3.65. The molecule has 0 aromatic heterocycles. The normalized spacial score (nSPS) is 18.2. The zero-order valence-corrected chi connectivity index (χ0v) is 19.7. The summed E-state index contributed by atoms with van der Waals surface area (Å²) in [6, 6.07) is 14.3. The molecule has 2 aromatic carbocycles. The Morgan fingerprint density at radius 2 is 1.67 bits per heavy atom. The number of sulfonamides is 1. The maximum atomic E-state index is 13.2. The number of esters is 1. The Hall–Kier alpha value is -2.71. The number of carbonyl (C=O) groups is 2. The van der Waals surface area contributed by atoms with Gasteiger partial charge in [0.2, 0.25) is 10.0 Å². The van der Waals surface area contributed by atoms with E-state index in [2.05, 4.69) is 5.32 Å². The Labute approximate surface area is 195 Å². The van der Waals surface area contributed by atoms with Crippen LogP contribution in [0.15, 0.2) is 53.4 Å². The van der Waals surface area contributed by atoms with Gasteiger partial charge in [0.15, 0.2) is 6.61 Å². The number of nitrogens with zero attached hydrogens (tertiary/aromatic N) is 1. The second-order valence-corrected chi connectivity index (χ2v) is 10.8. The van der Waals surface area contributed by atoms with Crippen LogP contribution in [0.4, 0.5) is 5.69 Å². The van der Waals surface area contributed by atoms with Crippen molar-refractivity contribution in [3.63, 3.8) is 0 Å². The molecule has 2 fully saturated rings. The van der Waals surface area contributed by atoms with Crippen molar-refractivity contribution in [2.24, 2.45) is 0 Å². The van der Waals surface area contributed by atoms with E-state index in [1.54, 1.807) is 19.1 Å². The van der Waals surface area contributed by atoms with Crippen molar-refractivity contribution in [3.05, 3.63) is 59.7 Å². The van der Waals surface area contributed by atoms with Crippen LogP contribution in [0.1, 0.15) is 49.7 Å². The lowest BCUT2D eigenvalue weighted by Gasteiger charge is -2.21. The average Bonchev–Trinajstić information content (AvgIpc) is 3.64. The van der Waals surface area contributed by atoms with Crippen LogP contribution in [-0.4, -0.2) is 44.3 Å². The number of amides is 1. The first-order valence-electron chi connectivity index (χ1n) is 11.5. The highest BCUT2D eigenvalue weighted by atomic mass is 32.2. The van der Waals surface area contributed by atoms with Gasteiger partial charge in [-0.15, -0.1) is 0 Å². The van der Waals surface area contributed by atoms with Crippen LogP contribution in [-0.2, 0) is 29.8 Å².